The lowest BCUT2D eigenvalue weighted by molar-refractivity contribution is -0.222. The maximum Gasteiger partial charge on any atom is 0.348 e. The summed E-state index contributed by atoms with van der Waals surface area (Å²) in [6.45, 7) is 38.2. The van der Waals surface area contributed by atoms with Crippen molar-refractivity contribution in [2.75, 3.05) is 133 Å². The number of rotatable bonds is 18. The van der Waals surface area contributed by atoms with Gasteiger partial charge in [0, 0.05) is 201 Å². The number of imide groups is 1. The average molecular weight is 1970 g/mol. The molecular weight excluding hydrogens is 1820 g/mol. The number of amides is 5. The number of Topliss-reactive ketones (excluding diaryl/α,β-unsaturated/α-hetero) is 6. The summed E-state index contributed by atoms with van der Waals surface area (Å²) in [7, 11) is 14.7. The summed E-state index contributed by atoms with van der Waals surface area (Å²) < 4.78 is 16.7. The fraction of sp³-hybridized carbons (Fsp3) is 0.592. The standard InChI is InChI=1S/C21H33NO2.C19H29NO2.C16H23NO2S.C14H19NO4S.C12H17N3O2.C11H14N2OS2.C10H12N2O2S2/c1-6-8-16-12-17(22(11-7-2)15(16)3)9-10-18-19(23)13-21(4,5)14-20(18)24;1-5-6-7-14-10-15(20(4)13-14)8-9-16-17(21)11-19(2,3)12-18(16)22;1-4-7-17-8-9-20-15(17)6-5-12-13(18)10-16(2,3)11-14(12)19;1-4-7-15-8-9-20-11(15)6-5-10-12(16)18-14(2,3)19-13(10)17;1-13-8-4-5-9(13)6-7-10-11(16)15(3)12(17)14(10)2;1-12-7-3-4-8(12)5-6-9-10(14)13(2)11(15)16-9;1-11-5-6-14-8(11)4-3-7-9(13)12(2)10(15)16-7/h9-10,15-16H,6-8,11-14H2,1-5H3;8-9,14H,5-7,10-13H2,1-4H3;5-6H,4,7-11H2,1-3H3;5-6H,4,7-9H2,1-3H3;6-7H,4-5,8H2,1-3H3;5-6H,3-4,7H2,1-2H3;3-4H,5-6H2,1-2H3/b17-9+;15-8+;15-6-;11-6-;9-6+,10-7+;8-5+,9-6+;7-3+,8-4-. The molecule has 11 aliphatic heterocycles. The zero-order valence-corrected chi connectivity index (χ0v) is 88.8. The highest BCUT2D eigenvalue weighted by atomic mass is 32.2. The molecule has 26 nitrogen and oxygen atoms in total. The first-order valence-corrected chi connectivity index (χ1v) is 52.2. The van der Waals surface area contributed by atoms with Crippen molar-refractivity contribution < 1.29 is 71.7 Å². The Labute approximate surface area is 830 Å². The van der Waals surface area contributed by atoms with Gasteiger partial charge in [0.05, 0.1) is 43.1 Å². The maximum absolute atomic E-state index is 12.3. The fourth-order valence-corrected chi connectivity index (χ4v) is 22.1. The molecule has 0 aromatic carbocycles. The number of nitrogens with zero attached hydrogens (tertiary/aromatic N) is 11. The van der Waals surface area contributed by atoms with Crippen LogP contribution in [0.2, 0.25) is 0 Å². The molecule has 32 heteroatoms. The fourth-order valence-electron chi connectivity index (χ4n) is 17.8. The van der Waals surface area contributed by atoms with E-state index in [0.29, 0.717) is 99.0 Å². The van der Waals surface area contributed by atoms with Gasteiger partial charge < -0.3 is 48.5 Å². The van der Waals surface area contributed by atoms with Gasteiger partial charge in [0.25, 0.3) is 23.5 Å². The van der Waals surface area contributed by atoms with Crippen molar-refractivity contribution in [3.05, 3.63) is 162 Å². The van der Waals surface area contributed by atoms with Crippen molar-refractivity contribution in [3.8, 4) is 0 Å². The minimum absolute atomic E-state index is 0.00119. The Morgan fingerprint density at radius 3 is 1.21 bits per heavy atom. The zero-order chi connectivity index (χ0) is 99.7. The van der Waals surface area contributed by atoms with Crippen molar-refractivity contribution in [2.24, 2.45) is 28.1 Å². The Kier molecular flexibility index (Phi) is 42.3. The second-order valence-electron chi connectivity index (χ2n) is 39.3. The SMILES string of the molecule is CCCC1C/C(=C\C=C2C(=O)CC(C)(C)CC2=O)N(CCC)C1C.CCCCC1C/C(=C\C=C2C(=O)CC(C)(C)CC2=O)N(C)C1.CCCN1CCS/C1=C\C=C1C(=O)CC(C)(C)CC1=O.CCCN1CCS/C1=C\C=C1C(=O)OC(C)(C)OC1=O.CN1C(=O)/C(=C\C=C2/CCCN2C)N(C)C1=O.CN1C(=O)/C(=C\C=C2/CCCN2C)SC1=S.CN1C(=O)/C(=C\C=C2/OCCN2C)SC1=S. The molecule has 0 N–H and O–H groups in total. The van der Waals surface area contributed by atoms with Crippen LogP contribution in [0.15, 0.2) is 162 Å². The first-order chi connectivity index (χ1) is 63.7. The number of ketones is 6. The average Bonchev–Trinajstić information content (AvgIpc) is 1.52. The van der Waals surface area contributed by atoms with Crippen molar-refractivity contribution >= 4 is 151 Å². The van der Waals surface area contributed by atoms with Crippen LogP contribution in [0.1, 0.15) is 225 Å². The van der Waals surface area contributed by atoms with Crippen LogP contribution in [0.25, 0.3) is 0 Å². The number of carbonyl (C=O) groups excluding carboxylic acids is 12. The molecule has 0 aromatic heterocycles. The largest absolute Gasteiger partial charge is 0.477 e. The smallest absolute Gasteiger partial charge is 0.348 e. The number of carbonyl (C=O) groups is 12. The Bertz CT molecular complexity index is 4700. The molecule has 0 radical (unpaired) electrons. The van der Waals surface area contributed by atoms with Crippen LogP contribution >= 0.6 is 71.5 Å². The van der Waals surface area contributed by atoms with Gasteiger partial charge in [-0.25, -0.2) is 14.4 Å². The van der Waals surface area contributed by atoms with Gasteiger partial charge in [-0.1, -0.05) is 143 Å². The number of hydrogen-bond donors (Lipinski definition) is 0. The Hall–Kier alpha value is -8.82. The summed E-state index contributed by atoms with van der Waals surface area (Å²) in [6, 6.07) is 0.269. The topological polar surface area (TPSA) is 268 Å². The van der Waals surface area contributed by atoms with Gasteiger partial charge in [0.1, 0.15) is 26.5 Å². The third kappa shape index (κ3) is 31.9. The van der Waals surface area contributed by atoms with Crippen molar-refractivity contribution in [2.45, 2.75) is 237 Å². The van der Waals surface area contributed by atoms with Crippen LogP contribution in [0.3, 0.4) is 0 Å². The molecule has 11 heterocycles. The number of thioether (sulfide) groups is 4. The Morgan fingerprint density at radius 1 is 0.407 bits per heavy atom. The summed E-state index contributed by atoms with van der Waals surface area (Å²) in [5, 5.41) is 2.26. The lowest BCUT2D eigenvalue weighted by atomic mass is 9.74. The number of thiocarbonyl (C=S) groups is 2. The third-order valence-electron chi connectivity index (χ3n) is 25.4. The van der Waals surface area contributed by atoms with Gasteiger partial charge >= 0.3 is 18.0 Å². The third-order valence-corrected chi connectivity index (χ3v) is 30.6. The Balaban J connectivity index is 0.000000194. The first kappa shape index (κ1) is 111. The molecule has 740 valence electrons. The van der Waals surface area contributed by atoms with Gasteiger partial charge in [-0.2, -0.15) is 0 Å². The molecule has 0 bridgehead atoms. The van der Waals surface area contributed by atoms with E-state index in [9.17, 15) is 57.5 Å². The van der Waals surface area contributed by atoms with Gasteiger partial charge in [-0.05, 0) is 191 Å². The normalized spacial score (nSPS) is 26.2. The number of likely N-dealkylation sites (N-methyl/N-ethyl adjacent to an activating group) is 5. The summed E-state index contributed by atoms with van der Waals surface area (Å²) in [4.78, 5) is 166. The number of ether oxygens (including phenoxy) is 3. The van der Waals surface area contributed by atoms with Crippen LogP contribution < -0.4 is 0 Å². The molecule has 3 saturated carbocycles. The highest BCUT2D eigenvalue weighted by molar-refractivity contribution is 8.27. The first-order valence-electron chi connectivity index (χ1n) is 47.8. The molecule has 14 fully saturated rings. The van der Waals surface area contributed by atoms with Crippen molar-refractivity contribution in [3.63, 3.8) is 0 Å². The molecule has 5 amide bonds. The molecule has 11 saturated heterocycles. The summed E-state index contributed by atoms with van der Waals surface area (Å²) in [5.74, 6) is 1.57. The number of unbranched alkanes of at least 4 members (excludes halogenated alkanes) is 1. The lowest BCUT2D eigenvalue weighted by Gasteiger charge is -2.29. The summed E-state index contributed by atoms with van der Waals surface area (Å²) in [5.41, 5.74) is 6.06. The van der Waals surface area contributed by atoms with Crippen LogP contribution in [0.4, 0.5) is 4.79 Å². The number of hydrogen-bond acceptors (Lipinski definition) is 28. The van der Waals surface area contributed by atoms with Crippen molar-refractivity contribution in [1.82, 2.24) is 53.9 Å². The minimum Gasteiger partial charge on any atom is -0.477 e. The van der Waals surface area contributed by atoms with Crippen LogP contribution in [0, 0.1) is 28.1 Å². The number of cyclic esters (lactones) is 2. The van der Waals surface area contributed by atoms with E-state index in [-0.39, 0.29) is 80.3 Å². The molecule has 0 aromatic rings. The van der Waals surface area contributed by atoms with Crippen molar-refractivity contribution in [1.29, 1.82) is 0 Å². The molecule has 3 atom stereocenters. The van der Waals surface area contributed by atoms with Crippen LogP contribution in [-0.2, 0) is 67.0 Å². The second kappa shape index (κ2) is 51.2. The Morgan fingerprint density at radius 2 is 0.830 bits per heavy atom. The van der Waals surface area contributed by atoms with Gasteiger partial charge in [-0.15, -0.1) is 23.5 Å². The summed E-state index contributed by atoms with van der Waals surface area (Å²) in [6.07, 6.45) is 44.7. The number of esters is 2. The lowest BCUT2D eigenvalue weighted by Crippen LogP contribution is -2.41. The quantitative estimate of drug-likeness (QED) is 0.0405. The number of allylic oxidation sites excluding steroid dienone is 21. The molecule has 135 heavy (non-hydrogen) atoms. The van der Waals surface area contributed by atoms with E-state index in [1.165, 1.54) is 132 Å². The molecule has 14 aliphatic rings. The van der Waals surface area contributed by atoms with Crippen LogP contribution in [0.5, 0.6) is 0 Å². The van der Waals surface area contributed by atoms with E-state index in [1.54, 1.807) is 81.1 Å². The van der Waals surface area contributed by atoms with Crippen LogP contribution in [-0.4, -0.2) is 278 Å². The molecule has 0 spiro atoms. The van der Waals surface area contributed by atoms with E-state index >= 15 is 0 Å². The van der Waals surface area contributed by atoms with E-state index in [2.05, 4.69) is 85.0 Å². The monoisotopic (exact) mass is 1970 g/mol. The van der Waals surface area contributed by atoms with E-state index in [0.717, 1.165) is 142 Å². The second-order valence-corrected chi connectivity index (χ2v) is 44.9. The van der Waals surface area contributed by atoms with Gasteiger partial charge in [0.2, 0.25) is 0 Å². The minimum atomic E-state index is -1.19. The molecule has 14 rings (SSSR count). The number of likely N-dealkylation sites (tertiary alicyclic amines) is 4. The number of urea groups is 1. The zero-order valence-electron chi connectivity index (χ0n) is 83.9. The molecule has 3 aliphatic carbocycles. The highest BCUT2D eigenvalue weighted by Gasteiger charge is 2.43. The van der Waals surface area contributed by atoms with Gasteiger partial charge in [0.15, 0.2) is 40.6 Å². The predicted octanol–water partition coefficient (Wildman–Crippen LogP) is 17.9. The summed E-state index contributed by atoms with van der Waals surface area (Å²) >= 11 is 16.3. The molecular formula is C103H147N11O15S6. The van der Waals surface area contributed by atoms with E-state index < -0.39 is 17.7 Å². The van der Waals surface area contributed by atoms with E-state index in [1.807, 2.05) is 103 Å². The maximum atomic E-state index is 12.3. The predicted molar refractivity (Wildman–Crippen MR) is 551 cm³/mol. The highest BCUT2D eigenvalue weighted by Crippen LogP contribution is 2.42. The van der Waals surface area contributed by atoms with E-state index in [4.69, 9.17) is 38.6 Å². The molecule has 3 unspecified atom stereocenters. The van der Waals surface area contributed by atoms with Gasteiger partial charge in [-0.3, -0.25) is 62.8 Å².